The van der Waals surface area contributed by atoms with E-state index in [9.17, 15) is 5.11 Å². The van der Waals surface area contributed by atoms with Crippen LogP contribution in [0.3, 0.4) is 0 Å². The lowest BCUT2D eigenvalue weighted by atomic mass is 10.0. The normalized spacial score (nSPS) is 17.1. The predicted molar refractivity (Wildman–Crippen MR) is 56.5 cm³/mol. The SMILES string of the molecule is Oc1ccc2c(c1)N=C1CN=CC=C12. The maximum atomic E-state index is 9.31. The van der Waals surface area contributed by atoms with E-state index in [1.54, 1.807) is 18.3 Å². The predicted octanol–water partition coefficient (Wildman–Crippen LogP) is 1.95. The number of hydrogen-bond acceptors (Lipinski definition) is 3. The highest BCUT2D eigenvalue weighted by molar-refractivity contribution is 6.33. The van der Waals surface area contributed by atoms with Gasteiger partial charge < -0.3 is 5.11 Å². The molecule has 3 rings (SSSR count). The van der Waals surface area contributed by atoms with E-state index in [2.05, 4.69) is 9.98 Å². The minimum atomic E-state index is 0.258. The van der Waals surface area contributed by atoms with Crippen LogP contribution >= 0.6 is 0 Å². The van der Waals surface area contributed by atoms with Crippen LogP contribution in [-0.4, -0.2) is 23.6 Å². The molecule has 3 nitrogen and oxygen atoms in total. The van der Waals surface area contributed by atoms with Crippen molar-refractivity contribution in [3.05, 3.63) is 29.8 Å². The Balaban J connectivity index is 2.24. The van der Waals surface area contributed by atoms with E-state index >= 15 is 0 Å². The van der Waals surface area contributed by atoms with Gasteiger partial charge >= 0.3 is 0 Å². The van der Waals surface area contributed by atoms with E-state index in [-0.39, 0.29) is 5.75 Å². The van der Waals surface area contributed by atoms with Crippen molar-refractivity contribution in [2.45, 2.75) is 0 Å². The van der Waals surface area contributed by atoms with Crippen LogP contribution in [-0.2, 0) is 0 Å². The fraction of sp³-hybridized carbons (Fsp3) is 0.0909. The second-order valence-corrected chi connectivity index (χ2v) is 3.33. The first-order valence-electron chi connectivity index (χ1n) is 4.46. The van der Waals surface area contributed by atoms with Crippen molar-refractivity contribution in [2.75, 3.05) is 6.54 Å². The van der Waals surface area contributed by atoms with Gasteiger partial charge in [0.1, 0.15) is 5.75 Å². The lowest BCUT2D eigenvalue weighted by Crippen LogP contribution is -2.05. The summed E-state index contributed by atoms with van der Waals surface area (Å²) in [5, 5.41) is 9.31. The molecule has 0 amide bonds. The highest BCUT2D eigenvalue weighted by atomic mass is 16.3. The van der Waals surface area contributed by atoms with Crippen LogP contribution in [0.15, 0.2) is 34.3 Å². The molecule has 14 heavy (non-hydrogen) atoms. The third-order valence-corrected chi connectivity index (χ3v) is 2.43. The number of nitrogens with zero attached hydrogens (tertiary/aromatic N) is 2. The van der Waals surface area contributed by atoms with Crippen LogP contribution in [0.4, 0.5) is 5.69 Å². The fourth-order valence-corrected chi connectivity index (χ4v) is 1.77. The molecule has 0 spiro atoms. The van der Waals surface area contributed by atoms with Gasteiger partial charge in [-0.15, -0.1) is 0 Å². The summed E-state index contributed by atoms with van der Waals surface area (Å²) in [6, 6.07) is 5.26. The molecule has 0 bridgehead atoms. The quantitative estimate of drug-likeness (QED) is 0.658. The van der Waals surface area contributed by atoms with Crippen molar-refractivity contribution in [2.24, 2.45) is 9.98 Å². The molecule has 2 aliphatic rings. The summed E-state index contributed by atoms with van der Waals surface area (Å²) >= 11 is 0. The summed E-state index contributed by atoms with van der Waals surface area (Å²) in [5.41, 5.74) is 4.06. The molecule has 2 heterocycles. The van der Waals surface area contributed by atoms with Gasteiger partial charge in [-0.05, 0) is 18.2 Å². The molecular weight excluding hydrogens is 176 g/mol. The van der Waals surface area contributed by atoms with Gasteiger partial charge in [0.05, 0.1) is 17.9 Å². The van der Waals surface area contributed by atoms with Crippen LogP contribution in [0.25, 0.3) is 5.57 Å². The van der Waals surface area contributed by atoms with Crippen LogP contribution < -0.4 is 0 Å². The van der Waals surface area contributed by atoms with Crippen molar-refractivity contribution in [1.29, 1.82) is 0 Å². The maximum Gasteiger partial charge on any atom is 0.117 e. The number of rotatable bonds is 0. The van der Waals surface area contributed by atoms with Crippen molar-refractivity contribution in [1.82, 2.24) is 0 Å². The summed E-state index contributed by atoms with van der Waals surface area (Å²) in [5.74, 6) is 0.258. The summed E-state index contributed by atoms with van der Waals surface area (Å²) in [4.78, 5) is 8.54. The number of hydrogen-bond donors (Lipinski definition) is 1. The second-order valence-electron chi connectivity index (χ2n) is 3.33. The molecule has 0 unspecified atom stereocenters. The van der Waals surface area contributed by atoms with Gasteiger partial charge in [-0.1, -0.05) is 0 Å². The smallest absolute Gasteiger partial charge is 0.117 e. The molecule has 1 aromatic rings. The minimum absolute atomic E-state index is 0.258. The number of allylic oxidation sites excluding steroid dienone is 1. The van der Waals surface area contributed by atoms with E-state index in [1.165, 1.54) is 0 Å². The third kappa shape index (κ3) is 0.923. The Kier molecular flexibility index (Phi) is 1.36. The van der Waals surface area contributed by atoms with Crippen LogP contribution in [0.5, 0.6) is 5.75 Å². The number of dihydropyridines is 1. The summed E-state index contributed by atoms with van der Waals surface area (Å²) in [6.07, 6.45) is 3.77. The Hall–Kier alpha value is -1.90. The zero-order chi connectivity index (χ0) is 9.54. The van der Waals surface area contributed by atoms with E-state index in [0.29, 0.717) is 6.54 Å². The molecule has 0 atom stereocenters. The molecule has 0 saturated heterocycles. The lowest BCUT2D eigenvalue weighted by Gasteiger charge is -2.04. The standard InChI is InChI=1S/C11H8N2O/c14-7-1-2-8-9-3-4-12-6-11(9)13-10(8)5-7/h1-5,14H,6H2. The topological polar surface area (TPSA) is 45.0 Å². The molecule has 0 saturated carbocycles. The van der Waals surface area contributed by atoms with E-state index in [4.69, 9.17) is 0 Å². The van der Waals surface area contributed by atoms with E-state index in [0.717, 1.165) is 22.5 Å². The molecule has 1 aromatic carbocycles. The Labute approximate surface area is 81.1 Å². The van der Waals surface area contributed by atoms with Gasteiger partial charge in [0.2, 0.25) is 0 Å². The Bertz CT molecular complexity index is 498. The Morgan fingerprint density at radius 1 is 1.29 bits per heavy atom. The lowest BCUT2D eigenvalue weighted by molar-refractivity contribution is 0.475. The highest BCUT2D eigenvalue weighted by Crippen LogP contribution is 2.37. The van der Waals surface area contributed by atoms with Gasteiger partial charge in [-0.2, -0.15) is 0 Å². The van der Waals surface area contributed by atoms with Gasteiger partial charge in [0, 0.05) is 23.4 Å². The molecule has 0 aliphatic carbocycles. The largest absolute Gasteiger partial charge is 0.508 e. The molecule has 0 radical (unpaired) electrons. The van der Waals surface area contributed by atoms with Crippen LogP contribution in [0.2, 0.25) is 0 Å². The molecule has 1 N–H and O–H groups in total. The molecule has 68 valence electrons. The van der Waals surface area contributed by atoms with Crippen molar-refractivity contribution >= 4 is 23.2 Å². The molecule has 0 aromatic heterocycles. The van der Waals surface area contributed by atoms with Gasteiger partial charge in [-0.3, -0.25) is 9.98 Å². The second kappa shape index (κ2) is 2.54. The van der Waals surface area contributed by atoms with E-state index in [1.807, 2.05) is 12.1 Å². The van der Waals surface area contributed by atoms with Crippen molar-refractivity contribution in [3.63, 3.8) is 0 Å². The van der Waals surface area contributed by atoms with E-state index < -0.39 is 0 Å². The zero-order valence-corrected chi connectivity index (χ0v) is 7.44. The highest BCUT2D eigenvalue weighted by Gasteiger charge is 2.21. The minimum Gasteiger partial charge on any atom is -0.508 e. The summed E-state index contributed by atoms with van der Waals surface area (Å²) in [6.45, 7) is 0.640. The van der Waals surface area contributed by atoms with Gasteiger partial charge in [0.25, 0.3) is 0 Å². The molecule has 3 heteroatoms. The summed E-state index contributed by atoms with van der Waals surface area (Å²) < 4.78 is 0. The number of benzene rings is 1. The average Bonchev–Trinajstić information content (AvgIpc) is 2.54. The van der Waals surface area contributed by atoms with Crippen molar-refractivity contribution in [3.8, 4) is 5.75 Å². The van der Waals surface area contributed by atoms with Crippen molar-refractivity contribution < 1.29 is 5.11 Å². The zero-order valence-electron chi connectivity index (χ0n) is 7.44. The Morgan fingerprint density at radius 2 is 2.21 bits per heavy atom. The van der Waals surface area contributed by atoms with Gasteiger partial charge in [-0.25, -0.2) is 0 Å². The fourth-order valence-electron chi connectivity index (χ4n) is 1.77. The number of aliphatic imine (C=N–C) groups is 2. The molecular formula is C11H8N2O. The average molecular weight is 184 g/mol. The van der Waals surface area contributed by atoms with Crippen LogP contribution in [0, 0.1) is 0 Å². The monoisotopic (exact) mass is 184 g/mol. The maximum absolute atomic E-state index is 9.31. The number of fused-ring (bicyclic) bond motifs is 3. The first-order valence-corrected chi connectivity index (χ1v) is 4.46. The third-order valence-electron chi connectivity index (χ3n) is 2.43. The number of phenolic OH excluding ortho intramolecular Hbond substituents is 1. The van der Waals surface area contributed by atoms with Gasteiger partial charge in [0.15, 0.2) is 0 Å². The number of aromatic hydroxyl groups is 1. The summed E-state index contributed by atoms with van der Waals surface area (Å²) in [7, 11) is 0. The Morgan fingerprint density at radius 3 is 3.14 bits per heavy atom. The van der Waals surface area contributed by atoms with Crippen LogP contribution in [0.1, 0.15) is 5.56 Å². The first-order chi connectivity index (χ1) is 6.84. The molecule has 2 aliphatic heterocycles. The number of phenols is 1. The molecule has 0 fully saturated rings. The first kappa shape index (κ1) is 7.50.